The van der Waals surface area contributed by atoms with Crippen molar-refractivity contribution in [1.29, 1.82) is 0 Å². The third kappa shape index (κ3) is 6.82. The maximum Gasteiger partial charge on any atom is 0.145 e. The van der Waals surface area contributed by atoms with E-state index in [0.717, 1.165) is 113 Å². The van der Waals surface area contributed by atoms with Gasteiger partial charge in [-0.1, -0.05) is 159 Å². The van der Waals surface area contributed by atoms with Crippen molar-refractivity contribution >= 4 is 50.8 Å². The molecule has 8 heteroatoms. The minimum absolute atomic E-state index is 0.0586. The van der Waals surface area contributed by atoms with Crippen LogP contribution in [0, 0.1) is 5.92 Å². The van der Waals surface area contributed by atoms with Gasteiger partial charge in [-0.2, -0.15) is 0 Å². The van der Waals surface area contributed by atoms with Gasteiger partial charge in [-0.05, 0) is 120 Å². The van der Waals surface area contributed by atoms with Crippen molar-refractivity contribution in [2.75, 3.05) is 0 Å². The molecule has 3 atom stereocenters. The summed E-state index contributed by atoms with van der Waals surface area (Å²) in [6.45, 7) is 4.85. The molecule has 4 heterocycles. The zero-order chi connectivity index (χ0) is 49.8. The van der Waals surface area contributed by atoms with E-state index in [4.69, 9.17) is 19.9 Å². The zero-order valence-corrected chi connectivity index (χ0v) is 41.5. The molecule has 12 aromatic rings. The molecule has 0 aliphatic heterocycles. The predicted molar refractivity (Wildman–Crippen MR) is 303 cm³/mol. The van der Waals surface area contributed by atoms with Crippen LogP contribution in [0.25, 0.3) is 96.4 Å². The number of allylic oxidation sites excluding steroid dienone is 4. The molecule has 0 saturated carbocycles. The third-order valence-electron chi connectivity index (χ3n) is 16.0. The first-order valence-electron chi connectivity index (χ1n) is 26.0. The third-order valence-corrected chi connectivity index (χ3v) is 16.0. The van der Waals surface area contributed by atoms with E-state index in [0.29, 0.717) is 0 Å². The van der Waals surface area contributed by atoms with Gasteiger partial charge < -0.3 is 0 Å². The SMILES string of the molecule is CC1(C)c2cc3c(cc2C2C=c4nc(-c5ccc(-c6nc7ccccc7n6-c6ccccc6)cc5)n(-c5ccccc5)c4=CC21)nc(C1C=CC(c2nc4ccccc4n2-c2ccccc2)=CC1)n3-c1ccccc1. The number of nitrogens with zero attached hydrogens (tertiary/aromatic N) is 8. The Morgan fingerprint density at radius 2 is 0.960 bits per heavy atom. The Morgan fingerprint density at radius 1 is 0.453 bits per heavy atom. The van der Waals surface area contributed by atoms with Crippen LogP contribution < -0.4 is 10.7 Å². The molecular formula is C67H50N8. The van der Waals surface area contributed by atoms with Crippen LogP contribution in [0.5, 0.6) is 0 Å². The first kappa shape index (κ1) is 43.2. The topological polar surface area (TPSA) is 71.3 Å². The maximum atomic E-state index is 5.59. The fraction of sp³-hybridized carbons (Fsp3) is 0.104. The van der Waals surface area contributed by atoms with Crippen LogP contribution >= 0.6 is 0 Å². The molecule has 0 bridgehead atoms. The molecule has 0 radical (unpaired) electrons. The first-order chi connectivity index (χ1) is 36.9. The van der Waals surface area contributed by atoms with E-state index in [2.05, 4.69) is 269 Å². The highest BCUT2D eigenvalue weighted by Gasteiger charge is 2.46. The van der Waals surface area contributed by atoms with Gasteiger partial charge in [0, 0.05) is 51.3 Å². The molecule has 0 saturated heterocycles. The fourth-order valence-electron chi connectivity index (χ4n) is 12.4. The lowest BCUT2D eigenvalue weighted by Gasteiger charge is -2.29. The van der Waals surface area contributed by atoms with Crippen LogP contribution in [0.15, 0.2) is 224 Å². The lowest BCUT2D eigenvalue weighted by molar-refractivity contribution is 0.421. The van der Waals surface area contributed by atoms with E-state index in [9.17, 15) is 0 Å². The van der Waals surface area contributed by atoms with Gasteiger partial charge in [0.2, 0.25) is 0 Å². The van der Waals surface area contributed by atoms with Gasteiger partial charge in [0.25, 0.3) is 0 Å². The summed E-state index contributed by atoms with van der Waals surface area (Å²) in [5, 5.41) is 2.13. The van der Waals surface area contributed by atoms with Crippen molar-refractivity contribution in [2.45, 2.75) is 37.5 Å². The Balaban J connectivity index is 0.823. The standard InChI is InChI=1S/C67H50N8/c1-67(2)53-41-61-57(70-65(74(61)49-23-11-5-12-24-49)45-35-31-43(32-36-45)63-68-55-27-15-17-29-59(55)72(63)47-19-7-3-8-20-47)39-51(53)52-40-58-62(42-54(52)67)75(50-25-13-6-14-26-50)66(71-58)46-37-33-44(34-38-46)64-69-56-28-16-18-30-60(56)73(64)48-21-9-4-10-22-48/h3-37,39-42,46,51,53H,38H2,1-2H3. The Kier molecular flexibility index (Phi) is 9.70. The van der Waals surface area contributed by atoms with E-state index >= 15 is 0 Å². The average Bonchev–Trinajstić information content (AvgIpc) is 4.38. The zero-order valence-electron chi connectivity index (χ0n) is 41.5. The Labute approximate surface area is 433 Å². The van der Waals surface area contributed by atoms with Crippen LogP contribution in [0.4, 0.5) is 0 Å². The Morgan fingerprint density at radius 3 is 1.53 bits per heavy atom. The van der Waals surface area contributed by atoms with E-state index in [1.54, 1.807) is 0 Å². The summed E-state index contributed by atoms with van der Waals surface area (Å²) < 4.78 is 9.30. The van der Waals surface area contributed by atoms with Crippen molar-refractivity contribution < 1.29 is 0 Å². The van der Waals surface area contributed by atoms with E-state index in [1.807, 2.05) is 0 Å². The number of hydrogen-bond acceptors (Lipinski definition) is 4. The molecule has 0 amide bonds. The smallest absolute Gasteiger partial charge is 0.145 e. The molecule has 0 spiro atoms. The van der Waals surface area contributed by atoms with Gasteiger partial charge in [-0.3, -0.25) is 18.3 Å². The van der Waals surface area contributed by atoms with Gasteiger partial charge in [-0.15, -0.1) is 0 Å². The summed E-state index contributed by atoms with van der Waals surface area (Å²) in [4.78, 5) is 21.5. The van der Waals surface area contributed by atoms with E-state index < -0.39 is 0 Å². The van der Waals surface area contributed by atoms with Crippen molar-refractivity contribution in [3.05, 3.63) is 258 Å². The molecular weight excluding hydrogens is 917 g/mol. The second-order valence-electron chi connectivity index (χ2n) is 20.7. The highest BCUT2D eigenvalue weighted by Crippen LogP contribution is 2.54. The van der Waals surface area contributed by atoms with Crippen molar-refractivity contribution in [2.24, 2.45) is 5.92 Å². The van der Waals surface area contributed by atoms with Gasteiger partial charge >= 0.3 is 0 Å². The minimum atomic E-state index is -0.196. The van der Waals surface area contributed by atoms with E-state index in [-0.39, 0.29) is 23.2 Å². The molecule has 4 aromatic heterocycles. The molecule has 8 nitrogen and oxygen atoms in total. The lowest BCUT2D eigenvalue weighted by Crippen LogP contribution is -2.38. The molecule has 0 N–H and O–H groups in total. The highest BCUT2D eigenvalue weighted by molar-refractivity contribution is 5.87. The molecule has 3 aliphatic rings. The minimum Gasteiger partial charge on any atom is -0.296 e. The molecule has 3 aliphatic carbocycles. The second kappa shape index (κ2) is 16.8. The number of hydrogen-bond donors (Lipinski definition) is 0. The normalized spacial score (nSPS) is 17.4. The molecule has 75 heavy (non-hydrogen) atoms. The van der Waals surface area contributed by atoms with Crippen LogP contribution in [0.3, 0.4) is 0 Å². The summed E-state index contributed by atoms with van der Waals surface area (Å²) in [6, 6.07) is 72.8. The summed E-state index contributed by atoms with van der Waals surface area (Å²) in [7, 11) is 0. The Hall–Kier alpha value is -9.40. The van der Waals surface area contributed by atoms with Crippen LogP contribution in [-0.2, 0) is 5.41 Å². The van der Waals surface area contributed by atoms with Gasteiger partial charge in [0.1, 0.15) is 23.3 Å². The van der Waals surface area contributed by atoms with Crippen LogP contribution in [0.2, 0.25) is 0 Å². The van der Waals surface area contributed by atoms with Gasteiger partial charge in [0.05, 0.1) is 43.8 Å². The number of fused-ring (bicyclic) bond motifs is 7. The van der Waals surface area contributed by atoms with Gasteiger partial charge in [0.15, 0.2) is 0 Å². The number of para-hydroxylation sites is 8. The van der Waals surface area contributed by atoms with E-state index in [1.165, 1.54) is 11.1 Å². The number of imidazole rings is 4. The largest absolute Gasteiger partial charge is 0.296 e. The van der Waals surface area contributed by atoms with Crippen molar-refractivity contribution in [3.63, 3.8) is 0 Å². The fourth-order valence-corrected chi connectivity index (χ4v) is 12.4. The molecule has 8 aromatic carbocycles. The molecule has 358 valence electrons. The number of aromatic nitrogens is 8. The van der Waals surface area contributed by atoms with Crippen molar-refractivity contribution in [1.82, 2.24) is 38.2 Å². The monoisotopic (exact) mass is 966 g/mol. The first-order valence-corrected chi connectivity index (χ1v) is 26.0. The predicted octanol–water partition coefficient (Wildman–Crippen LogP) is 13.6. The second-order valence-corrected chi connectivity index (χ2v) is 20.7. The molecule has 3 unspecified atom stereocenters. The van der Waals surface area contributed by atoms with Crippen LogP contribution in [-0.4, -0.2) is 38.2 Å². The summed E-state index contributed by atoms with van der Waals surface area (Å²) >= 11 is 0. The molecule has 0 fully saturated rings. The average molecular weight is 967 g/mol. The summed E-state index contributed by atoms with van der Waals surface area (Å²) in [5.74, 6) is 4.18. The summed E-state index contributed by atoms with van der Waals surface area (Å²) in [6.07, 6.45) is 12.7. The molecule has 15 rings (SSSR count). The number of benzene rings is 8. The van der Waals surface area contributed by atoms with Crippen molar-refractivity contribution in [3.8, 4) is 45.5 Å². The quantitative estimate of drug-likeness (QED) is 0.152. The van der Waals surface area contributed by atoms with Crippen LogP contribution in [0.1, 0.15) is 54.9 Å². The number of rotatable bonds is 8. The Bertz CT molecular complexity index is 4400. The highest BCUT2D eigenvalue weighted by atomic mass is 15.1. The maximum absolute atomic E-state index is 5.59. The summed E-state index contributed by atoms with van der Waals surface area (Å²) in [5.41, 5.74) is 16.3. The lowest BCUT2D eigenvalue weighted by atomic mass is 9.74. The van der Waals surface area contributed by atoms with Gasteiger partial charge in [-0.25, -0.2) is 19.9 Å².